The first-order valence-corrected chi connectivity index (χ1v) is 8.17. The molecular weight excluding hydrogens is 244 g/mol. The number of anilines is 1. The largest absolute Gasteiger partial charge is 0.372 e. The first kappa shape index (κ1) is 17.0. The predicted molar refractivity (Wildman–Crippen MR) is 90.4 cm³/mol. The molecule has 1 rings (SSSR count). The third-order valence-electron chi connectivity index (χ3n) is 4.17. The summed E-state index contributed by atoms with van der Waals surface area (Å²) in [5.41, 5.74) is 2.70. The van der Waals surface area contributed by atoms with Crippen LogP contribution in [0.4, 0.5) is 5.69 Å². The number of benzene rings is 1. The minimum Gasteiger partial charge on any atom is -0.372 e. The lowest BCUT2D eigenvalue weighted by atomic mass is 10.0. The quantitative estimate of drug-likeness (QED) is 0.717. The molecule has 0 aliphatic carbocycles. The molecule has 1 aromatic carbocycles. The zero-order valence-electron chi connectivity index (χ0n) is 13.9. The summed E-state index contributed by atoms with van der Waals surface area (Å²) >= 11 is 0. The van der Waals surface area contributed by atoms with E-state index in [2.05, 4.69) is 69.1 Å². The molecule has 114 valence electrons. The minimum atomic E-state index is 0.590. The highest BCUT2D eigenvalue weighted by molar-refractivity contribution is 5.47. The topological polar surface area (TPSA) is 15.3 Å². The zero-order chi connectivity index (χ0) is 15.0. The highest BCUT2D eigenvalue weighted by atomic mass is 15.1. The van der Waals surface area contributed by atoms with Gasteiger partial charge >= 0.3 is 0 Å². The molecule has 0 amide bonds. The van der Waals surface area contributed by atoms with Crippen LogP contribution >= 0.6 is 0 Å². The maximum Gasteiger partial charge on any atom is 0.0366 e. The van der Waals surface area contributed by atoms with E-state index in [0.29, 0.717) is 6.04 Å². The van der Waals surface area contributed by atoms with Gasteiger partial charge in [0.15, 0.2) is 0 Å². The van der Waals surface area contributed by atoms with E-state index in [1.807, 2.05) is 0 Å². The number of nitrogens with one attached hydrogen (secondary N) is 1. The lowest BCUT2D eigenvalue weighted by Crippen LogP contribution is -2.27. The van der Waals surface area contributed by atoms with Crippen LogP contribution in [0.3, 0.4) is 0 Å². The van der Waals surface area contributed by atoms with Gasteiger partial charge in [0.1, 0.15) is 0 Å². The van der Waals surface area contributed by atoms with Crippen molar-refractivity contribution < 1.29 is 0 Å². The van der Waals surface area contributed by atoms with E-state index in [-0.39, 0.29) is 0 Å². The Morgan fingerprint density at radius 1 is 1.00 bits per heavy atom. The monoisotopic (exact) mass is 276 g/mol. The van der Waals surface area contributed by atoms with Gasteiger partial charge in [0.25, 0.3) is 0 Å². The molecule has 0 bridgehead atoms. The Labute approximate surface area is 125 Å². The summed E-state index contributed by atoms with van der Waals surface area (Å²) in [5, 5.41) is 3.63. The van der Waals surface area contributed by atoms with Crippen LogP contribution in [0.5, 0.6) is 0 Å². The average molecular weight is 276 g/mol. The molecule has 0 saturated heterocycles. The Morgan fingerprint density at radius 2 is 1.60 bits per heavy atom. The summed E-state index contributed by atoms with van der Waals surface area (Å²) in [5.74, 6) is 0.808. The van der Waals surface area contributed by atoms with Crippen molar-refractivity contribution in [2.45, 2.75) is 60.0 Å². The third-order valence-corrected chi connectivity index (χ3v) is 4.17. The van der Waals surface area contributed by atoms with Gasteiger partial charge in [0.05, 0.1) is 0 Å². The number of hydrogen-bond acceptors (Lipinski definition) is 2. The van der Waals surface area contributed by atoms with Crippen molar-refractivity contribution >= 4 is 5.69 Å². The van der Waals surface area contributed by atoms with Crippen molar-refractivity contribution in [1.29, 1.82) is 0 Å². The zero-order valence-corrected chi connectivity index (χ0v) is 13.9. The molecule has 0 aromatic heterocycles. The second-order valence-electron chi connectivity index (χ2n) is 5.87. The van der Waals surface area contributed by atoms with Crippen LogP contribution in [0.1, 0.15) is 53.0 Å². The summed E-state index contributed by atoms with van der Waals surface area (Å²) in [7, 11) is 0. The minimum absolute atomic E-state index is 0.590. The summed E-state index contributed by atoms with van der Waals surface area (Å²) < 4.78 is 0. The molecule has 2 heteroatoms. The smallest absolute Gasteiger partial charge is 0.0366 e. The van der Waals surface area contributed by atoms with Crippen molar-refractivity contribution in [2.75, 3.05) is 18.0 Å². The molecule has 0 saturated carbocycles. The van der Waals surface area contributed by atoms with Gasteiger partial charge < -0.3 is 10.2 Å². The molecule has 0 spiro atoms. The molecule has 0 heterocycles. The lowest BCUT2D eigenvalue weighted by molar-refractivity contribution is 0.412. The van der Waals surface area contributed by atoms with Crippen LogP contribution in [-0.4, -0.2) is 19.1 Å². The van der Waals surface area contributed by atoms with E-state index >= 15 is 0 Å². The molecule has 20 heavy (non-hydrogen) atoms. The van der Waals surface area contributed by atoms with Crippen molar-refractivity contribution in [1.82, 2.24) is 5.32 Å². The van der Waals surface area contributed by atoms with Gasteiger partial charge in [-0.15, -0.1) is 0 Å². The lowest BCUT2D eigenvalue weighted by Gasteiger charge is -2.21. The molecule has 0 aliphatic heterocycles. The summed E-state index contributed by atoms with van der Waals surface area (Å²) in [6.45, 7) is 14.4. The predicted octanol–water partition coefficient (Wildman–Crippen LogP) is 4.45. The fourth-order valence-electron chi connectivity index (χ4n) is 2.56. The molecule has 0 radical (unpaired) electrons. The maximum absolute atomic E-state index is 3.63. The molecule has 1 aromatic rings. The second kappa shape index (κ2) is 9.02. The Kier molecular flexibility index (Phi) is 7.68. The molecule has 0 fully saturated rings. The SMILES string of the molecule is CCC(C)CC(C)NCc1ccc(N(CC)CC)cc1. The Bertz CT molecular complexity index is 354. The fraction of sp³-hybridized carbons (Fsp3) is 0.667. The van der Waals surface area contributed by atoms with Crippen LogP contribution in [0.2, 0.25) is 0 Å². The van der Waals surface area contributed by atoms with Gasteiger partial charge in [-0.2, -0.15) is 0 Å². The van der Waals surface area contributed by atoms with E-state index in [1.165, 1.54) is 24.1 Å². The number of rotatable bonds is 9. The van der Waals surface area contributed by atoms with Gasteiger partial charge in [0, 0.05) is 31.4 Å². The van der Waals surface area contributed by atoms with Crippen LogP contribution in [0, 0.1) is 5.92 Å². The first-order chi connectivity index (χ1) is 9.60. The van der Waals surface area contributed by atoms with Crippen LogP contribution in [0.15, 0.2) is 24.3 Å². The van der Waals surface area contributed by atoms with Crippen molar-refractivity contribution in [3.05, 3.63) is 29.8 Å². The highest BCUT2D eigenvalue weighted by Gasteiger charge is 2.07. The van der Waals surface area contributed by atoms with Gasteiger partial charge in [0.2, 0.25) is 0 Å². The number of hydrogen-bond donors (Lipinski definition) is 1. The van der Waals surface area contributed by atoms with Crippen LogP contribution < -0.4 is 10.2 Å². The van der Waals surface area contributed by atoms with E-state index in [1.54, 1.807) is 0 Å². The van der Waals surface area contributed by atoms with Crippen LogP contribution in [0.25, 0.3) is 0 Å². The van der Waals surface area contributed by atoms with Crippen molar-refractivity contribution in [2.24, 2.45) is 5.92 Å². The van der Waals surface area contributed by atoms with E-state index < -0.39 is 0 Å². The van der Waals surface area contributed by atoms with E-state index in [4.69, 9.17) is 0 Å². The fourth-order valence-corrected chi connectivity index (χ4v) is 2.56. The average Bonchev–Trinajstić information content (AvgIpc) is 2.47. The van der Waals surface area contributed by atoms with E-state index in [9.17, 15) is 0 Å². The summed E-state index contributed by atoms with van der Waals surface area (Å²) in [4.78, 5) is 2.38. The van der Waals surface area contributed by atoms with Crippen molar-refractivity contribution in [3.8, 4) is 0 Å². The van der Waals surface area contributed by atoms with Crippen molar-refractivity contribution in [3.63, 3.8) is 0 Å². The Balaban J connectivity index is 2.45. The van der Waals surface area contributed by atoms with Gasteiger partial charge in [-0.05, 0) is 50.8 Å². The van der Waals surface area contributed by atoms with Crippen LogP contribution in [-0.2, 0) is 6.54 Å². The van der Waals surface area contributed by atoms with E-state index in [0.717, 1.165) is 25.6 Å². The molecule has 0 aliphatic rings. The Morgan fingerprint density at radius 3 is 2.10 bits per heavy atom. The van der Waals surface area contributed by atoms with Gasteiger partial charge in [-0.25, -0.2) is 0 Å². The second-order valence-corrected chi connectivity index (χ2v) is 5.87. The third kappa shape index (κ3) is 5.54. The molecule has 1 N–H and O–H groups in total. The number of nitrogens with zero attached hydrogens (tertiary/aromatic N) is 1. The molecular formula is C18H32N2. The standard InChI is InChI=1S/C18H32N2/c1-6-15(4)13-16(5)19-14-17-9-11-18(12-10-17)20(7-2)8-3/h9-12,15-16,19H,6-8,13-14H2,1-5H3. The molecule has 2 atom stereocenters. The molecule has 2 nitrogen and oxygen atoms in total. The maximum atomic E-state index is 3.63. The summed E-state index contributed by atoms with van der Waals surface area (Å²) in [6, 6.07) is 9.56. The highest BCUT2D eigenvalue weighted by Crippen LogP contribution is 2.15. The summed E-state index contributed by atoms with van der Waals surface area (Å²) in [6.07, 6.45) is 2.53. The van der Waals surface area contributed by atoms with Gasteiger partial charge in [-0.3, -0.25) is 0 Å². The first-order valence-electron chi connectivity index (χ1n) is 8.17. The molecule has 2 unspecified atom stereocenters. The normalized spacial score (nSPS) is 14.1. The Hall–Kier alpha value is -1.02. The van der Waals surface area contributed by atoms with Gasteiger partial charge in [-0.1, -0.05) is 32.4 Å².